The summed E-state index contributed by atoms with van der Waals surface area (Å²) in [7, 11) is 3.22. The predicted molar refractivity (Wildman–Crippen MR) is 94.3 cm³/mol. The van der Waals surface area contributed by atoms with Crippen molar-refractivity contribution in [3.8, 4) is 11.5 Å². The third-order valence-electron chi connectivity index (χ3n) is 3.82. The van der Waals surface area contributed by atoms with Gasteiger partial charge in [0.15, 0.2) is 11.5 Å². The Morgan fingerprint density at radius 2 is 1.88 bits per heavy atom. The van der Waals surface area contributed by atoms with E-state index in [-0.39, 0.29) is 17.1 Å². The average molecular weight is 339 g/mol. The summed E-state index contributed by atoms with van der Waals surface area (Å²) in [5.41, 5.74) is 4.57. The van der Waals surface area contributed by atoms with Gasteiger partial charge in [0.1, 0.15) is 5.57 Å². The van der Waals surface area contributed by atoms with E-state index in [1.165, 1.54) is 24.3 Å². The van der Waals surface area contributed by atoms with Gasteiger partial charge in [-0.3, -0.25) is 15.0 Å². The van der Waals surface area contributed by atoms with Crippen LogP contribution in [-0.4, -0.2) is 31.1 Å². The fourth-order valence-corrected chi connectivity index (χ4v) is 2.47. The summed E-state index contributed by atoms with van der Waals surface area (Å²) in [5.74, 6) is -0.693. The zero-order valence-electron chi connectivity index (χ0n) is 13.7. The highest BCUT2D eigenvalue weighted by molar-refractivity contribution is 6.31. The minimum atomic E-state index is -0.491. The molecule has 1 saturated heterocycles. The van der Waals surface area contributed by atoms with Gasteiger partial charge < -0.3 is 15.2 Å². The number of nitrogens with one attached hydrogen (secondary N) is 2. The largest absolute Gasteiger partial charge is 0.504 e. The van der Waals surface area contributed by atoms with Crippen LogP contribution in [0.25, 0.3) is 6.08 Å². The summed E-state index contributed by atoms with van der Waals surface area (Å²) in [6.07, 6.45) is 1.46. The fraction of sp³-hybridized carbons (Fsp3) is 0.111. The molecule has 1 aliphatic heterocycles. The van der Waals surface area contributed by atoms with Crippen molar-refractivity contribution < 1.29 is 19.4 Å². The Balaban J connectivity index is 1.90. The van der Waals surface area contributed by atoms with Gasteiger partial charge in [-0.2, -0.15) is 0 Å². The Morgan fingerprint density at radius 1 is 1.16 bits per heavy atom. The number of hydrogen-bond acceptors (Lipinski definition) is 5. The number of aromatic hydroxyl groups is 1. The van der Waals surface area contributed by atoms with E-state index in [4.69, 9.17) is 4.74 Å². The zero-order chi connectivity index (χ0) is 18.0. The second-order valence-corrected chi connectivity index (χ2v) is 5.37. The number of amides is 2. The van der Waals surface area contributed by atoms with Crippen LogP contribution in [0.5, 0.6) is 11.5 Å². The van der Waals surface area contributed by atoms with Gasteiger partial charge in [0, 0.05) is 12.7 Å². The van der Waals surface area contributed by atoms with E-state index in [9.17, 15) is 14.7 Å². The first-order valence-electron chi connectivity index (χ1n) is 7.55. The van der Waals surface area contributed by atoms with Gasteiger partial charge in [0.25, 0.3) is 11.8 Å². The Bertz CT molecular complexity index is 859. The number of phenolic OH excluding ortho intramolecular Hbond substituents is 1. The first kappa shape index (κ1) is 16.4. The van der Waals surface area contributed by atoms with Gasteiger partial charge >= 0.3 is 0 Å². The monoisotopic (exact) mass is 339 g/mol. The normalized spacial score (nSPS) is 15.4. The molecule has 2 aromatic rings. The summed E-state index contributed by atoms with van der Waals surface area (Å²) in [6, 6.07) is 11.7. The SMILES string of the molecule is CNc1ccc(N2NC(=O)/C(=C\c3ccc(O)c(OC)c3)C2=O)cc1. The molecule has 2 amide bonds. The van der Waals surface area contributed by atoms with Crippen LogP contribution in [0.3, 0.4) is 0 Å². The first-order valence-corrected chi connectivity index (χ1v) is 7.55. The molecule has 0 spiro atoms. The molecule has 3 N–H and O–H groups in total. The van der Waals surface area contributed by atoms with Crippen LogP contribution in [0.4, 0.5) is 11.4 Å². The molecule has 1 aliphatic rings. The average Bonchev–Trinajstić information content (AvgIpc) is 2.91. The van der Waals surface area contributed by atoms with Crippen molar-refractivity contribution >= 4 is 29.3 Å². The number of phenols is 1. The van der Waals surface area contributed by atoms with Crippen molar-refractivity contribution in [2.75, 3.05) is 24.5 Å². The molecule has 0 aliphatic carbocycles. The number of anilines is 2. The van der Waals surface area contributed by atoms with Gasteiger partial charge in [-0.15, -0.1) is 0 Å². The van der Waals surface area contributed by atoms with Gasteiger partial charge in [-0.05, 0) is 48.0 Å². The molecular formula is C18H17N3O4. The van der Waals surface area contributed by atoms with E-state index in [0.717, 1.165) is 5.69 Å². The Hall–Kier alpha value is -3.48. The molecule has 3 rings (SSSR count). The number of carbonyl (C=O) groups is 2. The molecule has 0 atom stereocenters. The Morgan fingerprint density at radius 3 is 2.52 bits per heavy atom. The van der Waals surface area contributed by atoms with Crippen molar-refractivity contribution in [2.45, 2.75) is 0 Å². The van der Waals surface area contributed by atoms with E-state index < -0.39 is 11.8 Å². The molecule has 0 unspecified atom stereocenters. The minimum absolute atomic E-state index is 0.00503. The predicted octanol–water partition coefficient (Wildman–Crippen LogP) is 1.90. The first-order chi connectivity index (χ1) is 12.0. The molecule has 0 radical (unpaired) electrons. The molecule has 2 aromatic carbocycles. The van der Waals surface area contributed by atoms with E-state index in [1.807, 2.05) is 0 Å². The fourth-order valence-electron chi connectivity index (χ4n) is 2.47. The second kappa shape index (κ2) is 6.56. The van der Waals surface area contributed by atoms with E-state index in [1.54, 1.807) is 43.4 Å². The second-order valence-electron chi connectivity index (χ2n) is 5.37. The van der Waals surface area contributed by atoms with Crippen molar-refractivity contribution in [1.29, 1.82) is 0 Å². The molecule has 0 bridgehead atoms. The lowest BCUT2D eigenvalue weighted by Gasteiger charge is -2.15. The van der Waals surface area contributed by atoms with Crippen LogP contribution in [0.1, 0.15) is 5.56 Å². The standard InChI is InChI=1S/C18H17N3O4/c1-19-12-4-6-13(7-5-12)21-18(24)14(17(23)20-21)9-11-3-8-15(22)16(10-11)25-2/h3-10,19,22H,1-2H3,(H,20,23)/b14-9+. The lowest BCUT2D eigenvalue weighted by atomic mass is 10.1. The Kier molecular flexibility index (Phi) is 4.30. The molecule has 0 aromatic heterocycles. The summed E-state index contributed by atoms with van der Waals surface area (Å²) in [5, 5.41) is 13.8. The Labute approximate surface area is 144 Å². The molecule has 1 fully saturated rings. The summed E-state index contributed by atoms with van der Waals surface area (Å²) >= 11 is 0. The van der Waals surface area contributed by atoms with E-state index in [0.29, 0.717) is 11.3 Å². The summed E-state index contributed by atoms with van der Waals surface area (Å²) < 4.78 is 5.03. The molecular weight excluding hydrogens is 322 g/mol. The van der Waals surface area contributed by atoms with E-state index >= 15 is 0 Å². The van der Waals surface area contributed by atoms with Crippen molar-refractivity contribution in [2.24, 2.45) is 0 Å². The maximum atomic E-state index is 12.6. The zero-order valence-corrected chi connectivity index (χ0v) is 13.7. The maximum absolute atomic E-state index is 12.6. The maximum Gasteiger partial charge on any atom is 0.282 e. The van der Waals surface area contributed by atoms with Crippen LogP contribution >= 0.6 is 0 Å². The number of hydrogen-bond donors (Lipinski definition) is 3. The molecule has 128 valence electrons. The number of hydrazine groups is 1. The number of nitrogens with zero attached hydrogens (tertiary/aromatic N) is 1. The molecule has 1 heterocycles. The number of rotatable bonds is 4. The lowest BCUT2D eigenvalue weighted by Crippen LogP contribution is -2.35. The minimum Gasteiger partial charge on any atom is -0.504 e. The van der Waals surface area contributed by atoms with Crippen LogP contribution in [-0.2, 0) is 9.59 Å². The van der Waals surface area contributed by atoms with Crippen LogP contribution in [0, 0.1) is 0 Å². The van der Waals surface area contributed by atoms with Gasteiger partial charge in [0.2, 0.25) is 0 Å². The number of carbonyl (C=O) groups excluding carboxylic acids is 2. The number of ether oxygens (including phenoxy) is 1. The highest BCUT2D eigenvalue weighted by atomic mass is 16.5. The highest BCUT2D eigenvalue weighted by Crippen LogP contribution is 2.28. The molecule has 7 nitrogen and oxygen atoms in total. The summed E-state index contributed by atoms with van der Waals surface area (Å²) in [6.45, 7) is 0. The summed E-state index contributed by atoms with van der Waals surface area (Å²) in [4.78, 5) is 24.8. The molecule has 7 heteroatoms. The quantitative estimate of drug-likeness (QED) is 0.585. The van der Waals surface area contributed by atoms with Crippen LogP contribution in [0.15, 0.2) is 48.0 Å². The molecule has 25 heavy (non-hydrogen) atoms. The van der Waals surface area contributed by atoms with E-state index in [2.05, 4.69) is 10.7 Å². The molecule has 0 saturated carbocycles. The third-order valence-corrected chi connectivity index (χ3v) is 3.82. The van der Waals surface area contributed by atoms with Crippen LogP contribution in [0.2, 0.25) is 0 Å². The van der Waals surface area contributed by atoms with Gasteiger partial charge in [-0.1, -0.05) is 6.07 Å². The smallest absolute Gasteiger partial charge is 0.282 e. The highest BCUT2D eigenvalue weighted by Gasteiger charge is 2.34. The van der Waals surface area contributed by atoms with Crippen molar-refractivity contribution in [3.05, 3.63) is 53.6 Å². The van der Waals surface area contributed by atoms with Gasteiger partial charge in [-0.25, -0.2) is 5.01 Å². The third kappa shape index (κ3) is 3.12. The van der Waals surface area contributed by atoms with Gasteiger partial charge in [0.05, 0.1) is 12.8 Å². The number of benzene rings is 2. The van der Waals surface area contributed by atoms with Crippen molar-refractivity contribution in [3.63, 3.8) is 0 Å². The van der Waals surface area contributed by atoms with Crippen molar-refractivity contribution in [1.82, 2.24) is 5.43 Å². The topological polar surface area (TPSA) is 90.9 Å². The van der Waals surface area contributed by atoms with Crippen LogP contribution < -0.4 is 20.5 Å². The lowest BCUT2D eigenvalue weighted by molar-refractivity contribution is -0.117. The number of methoxy groups -OCH3 is 1.